The number of aromatic nitrogens is 1. The third-order valence-corrected chi connectivity index (χ3v) is 11.0. The lowest BCUT2D eigenvalue weighted by Gasteiger charge is -2.32. The molecule has 2 saturated heterocycles. The van der Waals surface area contributed by atoms with Crippen molar-refractivity contribution in [2.24, 2.45) is 5.92 Å². The molecule has 5 nitrogen and oxygen atoms in total. The van der Waals surface area contributed by atoms with Gasteiger partial charge in [0, 0.05) is 22.9 Å². The van der Waals surface area contributed by atoms with Crippen LogP contribution in [0.1, 0.15) is 90.4 Å². The molecule has 3 heterocycles. The van der Waals surface area contributed by atoms with E-state index in [2.05, 4.69) is 35.9 Å². The standard InChI is InChI=1S/C18H23ClN2S.C17H22FNO2/c1-3-16-18(14-8-10-21(2)11-9-14)22-17(20-16)12-13-4-6-15(19)7-5-13;18-15-6-2-5-13(10-15)14-7-8-19(11-14)16(17(20)21)9-12-3-1-4-12/h4-7,14H,3,8-12H2,1-2H3;2,5-6,10,12,14,16H,1,3-4,7-9,11H2,(H,20,21). The molecule has 0 spiro atoms. The van der Waals surface area contributed by atoms with Crippen LogP contribution in [0.25, 0.3) is 0 Å². The van der Waals surface area contributed by atoms with Gasteiger partial charge < -0.3 is 10.0 Å². The van der Waals surface area contributed by atoms with Crippen molar-refractivity contribution in [1.29, 1.82) is 0 Å². The number of carboxylic acids is 1. The predicted molar refractivity (Wildman–Crippen MR) is 174 cm³/mol. The molecular weight excluding hydrogens is 581 g/mol. The summed E-state index contributed by atoms with van der Waals surface area (Å²) in [6.07, 6.45) is 9.76. The molecule has 0 bridgehead atoms. The summed E-state index contributed by atoms with van der Waals surface area (Å²) in [5, 5.41) is 11.5. The van der Waals surface area contributed by atoms with Crippen molar-refractivity contribution in [3.8, 4) is 0 Å². The van der Waals surface area contributed by atoms with Gasteiger partial charge in [-0.25, -0.2) is 9.37 Å². The van der Waals surface area contributed by atoms with Crippen molar-refractivity contribution >= 4 is 28.9 Å². The first-order chi connectivity index (χ1) is 20.8. The minimum atomic E-state index is -0.707. The van der Waals surface area contributed by atoms with Crippen LogP contribution < -0.4 is 0 Å². The van der Waals surface area contributed by atoms with Crippen molar-refractivity contribution in [3.63, 3.8) is 0 Å². The molecule has 2 atom stereocenters. The van der Waals surface area contributed by atoms with Gasteiger partial charge in [0.05, 0.1) is 10.7 Å². The van der Waals surface area contributed by atoms with Crippen LogP contribution in [0.5, 0.6) is 0 Å². The molecule has 6 rings (SSSR count). The minimum Gasteiger partial charge on any atom is -0.480 e. The van der Waals surface area contributed by atoms with Crippen molar-refractivity contribution in [2.75, 3.05) is 33.2 Å². The summed E-state index contributed by atoms with van der Waals surface area (Å²) in [4.78, 5) is 22.5. The summed E-state index contributed by atoms with van der Waals surface area (Å²) in [5.41, 5.74) is 3.60. The fourth-order valence-electron chi connectivity index (χ4n) is 6.66. The fraction of sp³-hybridized carbons (Fsp3) is 0.543. The zero-order chi connectivity index (χ0) is 30.3. The molecule has 0 radical (unpaired) electrons. The highest BCUT2D eigenvalue weighted by Gasteiger charge is 2.35. The summed E-state index contributed by atoms with van der Waals surface area (Å²) in [7, 11) is 2.22. The van der Waals surface area contributed by atoms with E-state index in [-0.39, 0.29) is 17.8 Å². The van der Waals surface area contributed by atoms with E-state index < -0.39 is 5.97 Å². The number of hydrogen-bond donors (Lipinski definition) is 1. The van der Waals surface area contributed by atoms with Crippen LogP contribution in [0, 0.1) is 11.7 Å². The number of benzene rings is 2. The van der Waals surface area contributed by atoms with Crippen LogP contribution in [0.3, 0.4) is 0 Å². The molecule has 43 heavy (non-hydrogen) atoms. The number of carbonyl (C=O) groups is 1. The zero-order valence-corrected chi connectivity index (χ0v) is 27.1. The second kappa shape index (κ2) is 15.1. The molecule has 3 fully saturated rings. The lowest BCUT2D eigenvalue weighted by Crippen LogP contribution is -2.41. The van der Waals surface area contributed by atoms with E-state index in [1.165, 1.54) is 67.5 Å². The van der Waals surface area contributed by atoms with Gasteiger partial charge >= 0.3 is 5.97 Å². The molecule has 1 N–H and O–H groups in total. The van der Waals surface area contributed by atoms with Crippen LogP contribution in [0.2, 0.25) is 5.02 Å². The number of halogens is 2. The molecule has 1 aromatic heterocycles. The Hall–Kier alpha value is -2.32. The van der Waals surface area contributed by atoms with Crippen LogP contribution >= 0.6 is 22.9 Å². The quantitative estimate of drug-likeness (QED) is 0.261. The van der Waals surface area contributed by atoms with E-state index in [9.17, 15) is 14.3 Å². The smallest absolute Gasteiger partial charge is 0.320 e. The molecule has 1 saturated carbocycles. The maximum atomic E-state index is 13.3. The molecule has 3 aromatic rings. The largest absolute Gasteiger partial charge is 0.480 e. The number of rotatable bonds is 9. The van der Waals surface area contributed by atoms with Crippen molar-refractivity contribution in [3.05, 3.63) is 86.1 Å². The van der Waals surface area contributed by atoms with E-state index >= 15 is 0 Å². The van der Waals surface area contributed by atoms with Crippen LogP contribution in [0.4, 0.5) is 4.39 Å². The Morgan fingerprint density at radius 1 is 1.07 bits per heavy atom. The van der Waals surface area contributed by atoms with E-state index in [1.807, 2.05) is 29.5 Å². The zero-order valence-electron chi connectivity index (χ0n) is 25.5. The first kappa shape index (κ1) is 32.1. The van der Waals surface area contributed by atoms with Crippen LogP contribution in [0.15, 0.2) is 48.5 Å². The third kappa shape index (κ3) is 8.65. The lowest BCUT2D eigenvalue weighted by atomic mass is 9.80. The Balaban J connectivity index is 0.000000171. The van der Waals surface area contributed by atoms with Crippen molar-refractivity contribution in [2.45, 2.75) is 82.6 Å². The fourth-order valence-corrected chi connectivity index (χ4v) is 8.15. The lowest BCUT2D eigenvalue weighted by molar-refractivity contribution is -0.143. The van der Waals surface area contributed by atoms with Gasteiger partial charge in [-0.05, 0) is 112 Å². The van der Waals surface area contributed by atoms with Crippen LogP contribution in [-0.4, -0.2) is 65.1 Å². The van der Waals surface area contributed by atoms with Gasteiger partial charge in [0.25, 0.3) is 0 Å². The summed E-state index contributed by atoms with van der Waals surface area (Å²) in [6.45, 7) is 6.16. The molecule has 2 aliphatic heterocycles. The molecule has 2 unspecified atom stereocenters. The number of piperidine rings is 1. The SMILES string of the molecule is CCc1nc(Cc2ccc(Cl)cc2)sc1C1CCN(C)CC1.O=C(O)C(CC1CCC1)N1CCC(c2cccc(F)c2)C1. The van der Waals surface area contributed by atoms with Gasteiger partial charge in [-0.15, -0.1) is 11.3 Å². The first-order valence-electron chi connectivity index (χ1n) is 15.9. The summed E-state index contributed by atoms with van der Waals surface area (Å²) in [6, 6.07) is 14.5. The predicted octanol–water partition coefficient (Wildman–Crippen LogP) is 8.02. The normalized spacial score (nSPS) is 20.8. The molecule has 3 aliphatic rings. The Morgan fingerprint density at radius 3 is 2.42 bits per heavy atom. The van der Waals surface area contributed by atoms with Gasteiger partial charge in [0.1, 0.15) is 11.9 Å². The Labute approximate surface area is 265 Å². The topological polar surface area (TPSA) is 56.7 Å². The van der Waals surface area contributed by atoms with Gasteiger partial charge in [0.15, 0.2) is 0 Å². The number of carboxylic acid groups (broad SMARTS) is 1. The van der Waals surface area contributed by atoms with Crippen LogP contribution in [-0.2, 0) is 17.6 Å². The van der Waals surface area contributed by atoms with Gasteiger partial charge in [-0.2, -0.15) is 0 Å². The number of nitrogens with zero attached hydrogens (tertiary/aromatic N) is 3. The highest BCUT2D eigenvalue weighted by atomic mass is 35.5. The molecular formula is C35H45ClFN3O2S. The second-order valence-corrected chi connectivity index (χ2v) is 14.1. The second-order valence-electron chi connectivity index (χ2n) is 12.6. The third-order valence-electron chi connectivity index (χ3n) is 9.51. The van der Waals surface area contributed by atoms with E-state index in [4.69, 9.17) is 16.6 Å². The summed E-state index contributed by atoms with van der Waals surface area (Å²) in [5.74, 6) is 0.628. The number of aryl methyl sites for hydroxylation is 1. The summed E-state index contributed by atoms with van der Waals surface area (Å²) < 4.78 is 13.3. The molecule has 232 valence electrons. The molecule has 0 amide bonds. The Kier molecular flexibility index (Phi) is 11.3. The molecule has 2 aromatic carbocycles. The maximum Gasteiger partial charge on any atom is 0.320 e. The average molecular weight is 626 g/mol. The van der Waals surface area contributed by atoms with Crippen molar-refractivity contribution < 1.29 is 14.3 Å². The summed E-state index contributed by atoms with van der Waals surface area (Å²) >= 11 is 7.89. The Bertz CT molecular complexity index is 1340. The van der Waals surface area contributed by atoms with Gasteiger partial charge in [-0.1, -0.05) is 62.1 Å². The Morgan fingerprint density at radius 2 is 1.79 bits per heavy atom. The van der Waals surface area contributed by atoms with E-state index in [1.54, 1.807) is 17.0 Å². The monoisotopic (exact) mass is 625 g/mol. The van der Waals surface area contributed by atoms with E-state index in [0.29, 0.717) is 11.8 Å². The van der Waals surface area contributed by atoms with E-state index in [0.717, 1.165) is 49.4 Å². The minimum absolute atomic E-state index is 0.213. The van der Waals surface area contributed by atoms with Crippen molar-refractivity contribution in [1.82, 2.24) is 14.8 Å². The number of thiazole rings is 1. The molecule has 1 aliphatic carbocycles. The number of hydrogen-bond acceptors (Lipinski definition) is 5. The van der Waals surface area contributed by atoms with Gasteiger partial charge in [0.2, 0.25) is 0 Å². The number of aliphatic carboxylic acids is 1. The average Bonchev–Trinajstić information content (AvgIpc) is 3.62. The molecule has 8 heteroatoms. The highest BCUT2D eigenvalue weighted by Crippen LogP contribution is 2.36. The number of likely N-dealkylation sites (tertiary alicyclic amines) is 2. The van der Waals surface area contributed by atoms with Gasteiger partial charge in [-0.3, -0.25) is 9.69 Å². The maximum absolute atomic E-state index is 13.3. The first-order valence-corrected chi connectivity index (χ1v) is 17.1. The highest BCUT2D eigenvalue weighted by molar-refractivity contribution is 7.11.